The second-order valence-corrected chi connectivity index (χ2v) is 10.5. The molecule has 2 aromatic heterocycles. The fourth-order valence-electron chi connectivity index (χ4n) is 3.53. The molecule has 0 unspecified atom stereocenters. The largest absolute Gasteiger partial charge is 0.402 e. The van der Waals surface area contributed by atoms with Crippen LogP contribution in [0.25, 0.3) is 22.0 Å². The van der Waals surface area contributed by atoms with E-state index in [1.54, 1.807) is 24.3 Å². The summed E-state index contributed by atoms with van der Waals surface area (Å²) in [5, 5.41) is -0.235. The van der Waals surface area contributed by atoms with Gasteiger partial charge in [-0.1, -0.05) is 12.1 Å². The van der Waals surface area contributed by atoms with E-state index >= 15 is 0 Å². The zero-order valence-electron chi connectivity index (χ0n) is 18.3. The Balaban J connectivity index is 2.04. The number of fused-ring (bicyclic) bond motifs is 1. The minimum atomic E-state index is -5.48. The maximum absolute atomic E-state index is 13.2. The van der Waals surface area contributed by atoms with Crippen molar-refractivity contribution in [2.75, 3.05) is 6.54 Å². The third kappa shape index (κ3) is 5.90. The van der Waals surface area contributed by atoms with Gasteiger partial charge in [-0.05, 0) is 55.2 Å². The molecule has 1 N–H and O–H groups in total. The van der Waals surface area contributed by atoms with Crippen molar-refractivity contribution >= 4 is 20.9 Å². The molecule has 0 saturated heterocycles. The molecule has 0 radical (unpaired) electrons. The molecule has 0 spiro atoms. The lowest BCUT2D eigenvalue weighted by Gasteiger charge is -2.23. The Morgan fingerprint density at radius 3 is 2.15 bits per heavy atom. The monoisotopic (exact) mass is 507 g/mol. The second kappa shape index (κ2) is 9.57. The first kappa shape index (κ1) is 26.0. The number of hydrogen-bond acceptors (Lipinski definition) is 3. The van der Waals surface area contributed by atoms with Crippen molar-refractivity contribution in [1.82, 2.24) is 14.3 Å². The van der Waals surface area contributed by atoms with E-state index in [-0.39, 0.29) is 18.5 Å². The number of rotatable bonds is 8. The number of sulfonamides is 1. The number of nitrogens with one attached hydrogen (secondary N) is 1. The molecule has 0 aliphatic rings. The summed E-state index contributed by atoms with van der Waals surface area (Å²) < 4.78 is 107. The smallest absolute Gasteiger partial charge is 0.346 e. The highest BCUT2D eigenvalue weighted by atomic mass is 32.2. The third-order valence-electron chi connectivity index (χ3n) is 5.47. The molecule has 34 heavy (non-hydrogen) atoms. The van der Waals surface area contributed by atoms with E-state index in [1.807, 2.05) is 0 Å². The Morgan fingerprint density at radius 2 is 1.59 bits per heavy atom. The lowest BCUT2D eigenvalue weighted by Crippen LogP contribution is -2.39. The quantitative estimate of drug-likeness (QED) is 0.420. The number of halogens is 6. The average Bonchev–Trinajstić information content (AvgIpc) is 3.07. The van der Waals surface area contributed by atoms with E-state index in [1.165, 1.54) is 38.5 Å². The molecule has 0 saturated carbocycles. The van der Waals surface area contributed by atoms with Crippen molar-refractivity contribution in [3.63, 3.8) is 0 Å². The molecule has 1 aromatic carbocycles. The van der Waals surface area contributed by atoms with Crippen molar-refractivity contribution < 1.29 is 34.8 Å². The van der Waals surface area contributed by atoms with Crippen LogP contribution in [0.15, 0.2) is 48.9 Å². The summed E-state index contributed by atoms with van der Waals surface area (Å²) >= 11 is 0. The van der Waals surface area contributed by atoms with Gasteiger partial charge >= 0.3 is 12.4 Å². The van der Waals surface area contributed by atoms with Crippen LogP contribution in [0, 0.1) is 5.92 Å². The molecule has 2 heterocycles. The predicted molar refractivity (Wildman–Crippen MR) is 117 cm³/mol. The lowest BCUT2D eigenvalue weighted by molar-refractivity contribution is -0.287. The SMILES string of the molecule is CC(C)S(=O)(=O)NCCc1cn(CC(C(F)(F)F)C(F)(F)F)c2cc(-c3ccncc3)ccc12. The highest BCUT2D eigenvalue weighted by molar-refractivity contribution is 7.90. The van der Waals surface area contributed by atoms with Crippen LogP contribution >= 0.6 is 0 Å². The van der Waals surface area contributed by atoms with Crippen molar-refractivity contribution in [3.05, 3.63) is 54.5 Å². The normalized spacial score (nSPS) is 13.4. The predicted octanol–water partition coefficient (Wildman–Crippen LogP) is 5.31. The van der Waals surface area contributed by atoms with Gasteiger partial charge in [0.2, 0.25) is 10.0 Å². The van der Waals surface area contributed by atoms with E-state index < -0.39 is 40.1 Å². The molecular formula is C22H23F6N3O2S. The van der Waals surface area contributed by atoms with E-state index in [2.05, 4.69) is 9.71 Å². The third-order valence-corrected chi connectivity index (χ3v) is 7.31. The van der Waals surface area contributed by atoms with Crippen LogP contribution in [-0.2, 0) is 23.0 Å². The van der Waals surface area contributed by atoms with Crippen molar-refractivity contribution in [2.45, 2.75) is 44.4 Å². The molecule has 0 bridgehead atoms. The van der Waals surface area contributed by atoms with Gasteiger partial charge in [0.15, 0.2) is 5.92 Å². The van der Waals surface area contributed by atoms with Crippen LogP contribution in [0.2, 0.25) is 0 Å². The molecule has 0 amide bonds. The number of alkyl halides is 6. The molecule has 186 valence electrons. The summed E-state index contributed by atoms with van der Waals surface area (Å²) in [7, 11) is -3.58. The van der Waals surface area contributed by atoms with Crippen LogP contribution in [0.1, 0.15) is 19.4 Å². The highest BCUT2D eigenvalue weighted by Crippen LogP contribution is 2.41. The van der Waals surface area contributed by atoms with Gasteiger partial charge in [-0.2, -0.15) is 26.3 Å². The fourth-order valence-corrected chi connectivity index (χ4v) is 4.25. The topological polar surface area (TPSA) is 64.0 Å². The van der Waals surface area contributed by atoms with Gasteiger partial charge in [-0.25, -0.2) is 13.1 Å². The minimum Gasteiger partial charge on any atom is -0.346 e. The van der Waals surface area contributed by atoms with Crippen molar-refractivity contribution in [3.8, 4) is 11.1 Å². The number of hydrogen-bond donors (Lipinski definition) is 1. The Morgan fingerprint density at radius 1 is 0.971 bits per heavy atom. The average molecular weight is 508 g/mol. The minimum absolute atomic E-state index is 0.0479. The Bertz CT molecular complexity index is 1220. The zero-order chi connectivity index (χ0) is 25.3. The summed E-state index contributed by atoms with van der Waals surface area (Å²) in [6.45, 7) is 1.58. The van der Waals surface area contributed by atoms with Crippen LogP contribution in [0.4, 0.5) is 26.3 Å². The van der Waals surface area contributed by atoms with Crippen LogP contribution in [0.5, 0.6) is 0 Å². The first-order chi connectivity index (χ1) is 15.7. The number of nitrogens with zero attached hydrogens (tertiary/aromatic N) is 2. The van der Waals surface area contributed by atoms with Crippen molar-refractivity contribution in [1.29, 1.82) is 0 Å². The maximum Gasteiger partial charge on any atom is 0.402 e. The van der Waals surface area contributed by atoms with Gasteiger partial charge in [-0.15, -0.1) is 0 Å². The van der Waals surface area contributed by atoms with Crippen molar-refractivity contribution in [2.24, 2.45) is 5.92 Å². The first-order valence-corrected chi connectivity index (χ1v) is 11.9. The number of pyridine rings is 1. The van der Waals surface area contributed by atoms with E-state index in [9.17, 15) is 34.8 Å². The van der Waals surface area contributed by atoms with Crippen LogP contribution < -0.4 is 4.72 Å². The Labute approximate surface area is 192 Å². The maximum atomic E-state index is 13.2. The molecular weight excluding hydrogens is 484 g/mol. The molecule has 0 aliphatic carbocycles. The van der Waals surface area contributed by atoms with E-state index in [0.29, 0.717) is 22.1 Å². The van der Waals surface area contributed by atoms with E-state index in [4.69, 9.17) is 0 Å². The molecule has 0 aliphatic heterocycles. The van der Waals surface area contributed by atoms with Gasteiger partial charge < -0.3 is 4.57 Å². The van der Waals surface area contributed by atoms with E-state index in [0.717, 1.165) is 4.57 Å². The Hall–Kier alpha value is -2.60. The summed E-state index contributed by atoms with van der Waals surface area (Å²) in [6, 6.07) is 8.18. The standard InChI is InChI=1S/C22H23F6N3O2S/c1-14(2)34(32,33)30-10-7-17-12-31(13-20(21(23,24)25)22(26,27)28)19-11-16(3-4-18(17)19)15-5-8-29-9-6-15/h3-6,8-9,11-12,14,20,30H,7,10,13H2,1-2H3. The zero-order valence-corrected chi connectivity index (χ0v) is 19.1. The van der Waals surface area contributed by atoms with Gasteiger partial charge in [-0.3, -0.25) is 4.98 Å². The molecule has 0 fully saturated rings. The number of aromatic nitrogens is 2. The first-order valence-electron chi connectivity index (χ1n) is 10.3. The van der Waals surface area contributed by atoms with Crippen LogP contribution in [0.3, 0.4) is 0 Å². The molecule has 3 aromatic rings. The number of benzene rings is 1. The summed E-state index contributed by atoms with van der Waals surface area (Å²) in [4.78, 5) is 3.90. The molecule has 5 nitrogen and oxygen atoms in total. The summed E-state index contributed by atoms with van der Waals surface area (Å²) in [5.41, 5.74) is 1.91. The Kier molecular flexibility index (Phi) is 7.32. The molecule has 3 rings (SSSR count). The van der Waals surface area contributed by atoms with Crippen LogP contribution in [-0.4, -0.2) is 42.1 Å². The second-order valence-electron chi connectivity index (χ2n) is 8.15. The van der Waals surface area contributed by atoms with Gasteiger partial charge in [0.1, 0.15) is 0 Å². The van der Waals surface area contributed by atoms with Gasteiger partial charge in [0.05, 0.1) is 5.25 Å². The summed E-state index contributed by atoms with van der Waals surface area (Å²) in [6.07, 6.45) is -6.60. The van der Waals surface area contributed by atoms with Gasteiger partial charge in [0.25, 0.3) is 0 Å². The fraction of sp³-hybridized carbons (Fsp3) is 0.409. The lowest BCUT2D eigenvalue weighted by atomic mass is 10.0. The summed E-state index contributed by atoms with van der Waals surface area (Å²) in [5.74, 6) is -3.55. The van der Waals surface area contributed by atoms with Gasteiger partial charge in [0, 0.05) is 42.6 Å². The molecule has 0 atom stereocenters. The highest BCUT2D eigenvalue weighted by Gasteiger charge is 2.56. The molecule has 12 heteroatoms.